The summed E-state index contributed by atoms with van der Waals surface area (Å²) in [6.45, 7) is 4.12. The van der Waals surface area contributed by atoms with Crippen LogP contribution in [-0.2, 0) is 0 Å². The molecule has 0 N–H and O–H groups in total. The maximum atomic E-state index is 6.04. The van der Waals surface area contributed by atoms with Gasteiger partial charge in [0.15, 0.2) is 17.1 Å². The van der Waals surface area contributed by atoms with Crippen LogP contribution in [0, 0.1) is 0 Å². The minimum absolute atomic E-state index is 0.552. The minimum Gasteiger partial charge on any atom is -0.448 e. The van der Waals surface area contributed by atoms with Gasteiger partial charge < -0.3 is 9.47 Å². The summed E-state index contributed by atoms with van der Waals surface area (Å²) in [4.78, 5) is 4.34. The first-order valence-electron chi connectivity index (χ1n) is 7.43. The zero-order valence-corrected chi connectivity index (χ0v) is 12.5. The number of hydrogen-bond acceptors (Lipinski definition) is 5. The van der Waals surface area contributed by atoms with E-state index >= 15 is 0 Å². The Morgan fingerprint density at radius 2 is 1.91 bits per heavy atom. The fourth-order valence-corrected chi connectivity index (χ4v) is 2.69. The molecule has 0 spiro atoms. The number of hydrogen-bond donors (Lipinski definition) is 0. The number of nitrogens with zero attached hydrogens (tertiary/aromatic N) is 4. The van der Waals surface area contributed by atoms with E-state index < -0.39 is 5.79 Å². The molecule has 0 unspecified atom stereocenters. The molecule has 0 aliphatic carbocycles. The third-order valence-electron chi connectivity index (χ3n) is 4.05. The molecule has 0 amide bonds. The third kappa shape index (κ3) is 1.83. The normalized spacial score (nSPS) is 15.4. The lowest BCUT2D eigenvalue weighted by atomic mass is 10.1. The van der Waals surface area contributed by atoms with Crippen LogP contribution in [0.25, 0.3) is 16.9 Å². The van der Waals surface area contributed by atoms with Crippen molar-refractivity contribution in [1.82, 2.24) is 20.0 Å². The Hall–Kier alpha value is -2.63. The van der Waals surface area contributed by atoms with Crippen LogP contribution in [0.1, 0.15) is 26.7 Å². The minimum atomic E-state index is -0.552. The van der Waals surface area contributed by atoms with Gasteiger partial charge in [0.1, 0.15) is 5.52 Å². The van der Waals surface area contributed by atoms with E-state index in [0.29, 0.717) is 0 Å². The van der Waals surface area contributed by atoms with Gasteiger partial charge in [-0.25, -0.2) is 4.98 Å². The summed E-state index contributed by atoms with van der Waals surface area (Å²) in [7, 11) is 0. The zero-order valence-electron chi connectivity index (χ0n) is 12.5. The van der Waals surface area contributed by atoms with Crippen molar-refractivity contribution in [2.75, 3.05) is 0 Å². The van der Waals surface area contributed by atoms with E-state index in [0.717, 1.165) is 41.2 Å². The molecule has 6 heteroatoms. The lowest BCUT2D eigenvalue weighted by Gasteiger charge is -2.24. The molecule has 22 heavy (non-hydrogen) atoms. The second-order valence-corrected chi connectivity index (χ2v) is 5.30. The largest absolute Gasteiger partial charge is 0.448 e. The molecule has 0 atom stereocenters. The summed E-state index contributed by atoms with van der Waals surface area (Å²) in [6, 6.07) is 9.50. The van der Waals surface area contributed by atoms with Crippen LogP contribution < -0.4 is 9.47 Å². The molecule has 0 saturated heterocycles. The fourth-order valence-electron chi connectivity index (χ4n) is 2.69. The summed E-state index contributed by atoms with van der Waals surface area (Å²) >= 11 is 0. The average Bonchev–Trinajstić information content (AvgIpc) is 3.15. The van der Waals surface area contributed by atoms with Gasteiger partial charge in [-0.1, -0.05) is 19.1 Å². The van der Waals surface area contributed by atoms with E-state index in [1.807, 2.05) is 30.3 Å². The Labute approximate surface area is 127 Å². The highest BCUT2D eigenvalue weighted by molar-refractivity contribution is 5.71. The molecule has 0 fully saturated rings. The third-order valence-corrected chi connectivity index (χ3v) is 4.05. The molecule has 1 aromatic carbocycles. The van der Waals surface area contributed by atoms with E-state index in [4.69, 9.17) is 9.47 Å². The molecule has 0 bridgehead atoms. The van der Waals surface area contributed by atoms with E-state index in [1.165, 1.54) is 0 Å². The zero-order chi connectivity index (χ0) is 15.2. The molecule has 4 rings (SSSR count). The molecular formula is C16H16N4O2. The van der Waals surface area contributed by atoms with E-state index in [2.05, 4.69) is 29.1 Å². The van der Waals surface area contributed by atoms with E-state index in [9.17, 15) is 0 Å². The van der Waals surface area contributed by atoms with Gasteiger partial charge in [0, 0.05) is 25.1 Å². The van der Waals surface area contributed by atoms with Crippen molar-refractivity contribution in [3.63, 3.8) is 0 Å². The van der Waals surface area contributed by atoms with Crippen LogP contribution in [-0.4, -0.2) is 25.8 Å². The van der Waals surface area contributed by atoms with Gasteiger partial charge in [-0.3, -0.25) is 0 Å². The first-order valence-corrected chi connectivity index (χ1v) is 7.43. The first-order chi connectivity index (χ1) is 10.7. The summed E-state index contributed by atoms with van der Waals surface area (Å²) in [5, 5.41) is 8.30. The van der Waals surface area contributed by atoms with Crippen LogP contribution >= 0.6 is 0 Å². The number of aromatic nitrogens is 4. The SMILES string of the molecule is CCC1(CC)Oc2ccc(-n3nnc4cccnc43)cc2O1. The first kappa shape index (κ1) is 13.1. The van der Waals surface area contributed by atoms with Crippen LogP contribution in [0.15, 0.2) is 36.5 Å². The second-order valence-electron chi connectivity index (χ2n) is 5.30. The number of pyridine rings is 1. The molecule has 1 aliphatic heterocycles. The van der Waals surface area contributed by atoms with Crippen molar-refractivity contribution in [3.05, 3.63) is 36.5 Å². The summed E-state index contributed by atoms with van der Waals surface area (Å²) in [6.07, 6.45) is 3.32. The summed E-state index contributed by atoms with van der Waals surface area (Å²) in [5.74, 6) is 0.953. The summed E-state index contributed by atoms with van der Waals surface area (Å²) < 4.78 is 13.7. The predicted octanol–water partition coefficient (Wildman–Crippen LogP) is 3.10. The van der Waals surface area contributed by atoms with Crippen LogP contribution in [0.4, 0.5) is 0 Å². The maximum absolute atomic E-state index is 6.04. The molecule has 6 nitrogen and oxygen atoms in total. The van der Waals surface area contributed by atoms with E-state index in [1.54, 1.807) is 10.9 Å². The Morgan fingerprint density at radius 3 is 2.73 bits per heavy atom. The highest BCUT2D eigenvalue weighted by Crippen LogP contribution is 2.43. The molecule has 0 saturated carbocycles. The number of ether oxygens (including phenoxy) is 2. The van der Waals surface area contributed by atoms with Crippen molar-refractivity contribution in [2.45, 2.75) is 32.5 Å². The molecule has 2 aromatic heterocycles. The monoisotopic (exact) mass is 296 g/mol. The van der Waals surface area contributed by atoms with Crippen molar-refractivity contribution in [3.8, 4) is 17.2 Å². The van der Waals surface area contributed by atoms with Gasteiger partial charge >= 0.3 is 0 Å². The van der Waals surface area contributed by atoms with Crippen LogP contribution in [0.3, 0.4) is 0 Å². The second kappa shape index (κ2) is 4.69. The van der Waals surface area contributed by atoms with Gasteiger partial charge in [-0.2, -0.15) is 4.68 Å². The van der Waals surface area contributed by atoms with Gasteiger partial charge in [0.25, 0.3) is 5.79 Å². The Kier molecular flexibility index (Phi) is 2.79. The molecule has 0 radical (unpaired) electrons. The maximum Gasteiger partial charge on any atom is 0.251 e. The van der Waals surface area contributed by atoms with Crippen molar-refractivity contribution < 1.29 is 9.47 Å². The van der Waals surface area contributed by atoms with Crippen LogP contribution in [0.2, 0.25) is 0 Å². The summed E-state index contributed by atoms with van der Waals surface area (Å²) in [5.41, 5.74) is 2.33. The quantitative estimate of drug-likeness (QED) is 0.743. The lowest BCUT2D eigenvalue weighted by molar-refractivity contribution is -0.0843. The van der Waals surface area contributed by atoms with Crippen molar-refractivity contribution in [2.24, 2.45) is 0 Å². The topological polar surface area (TPSA) is 62.1 Å². The average molecular weight is 296 g/mol. The fraction of sp³-hybridized carbons (Fsp3) is 0.312. The predicted molar refractivity (Wildman–Crippen MR) is 81.2 cm³/mol. The van der Waals surface area contributed by atoms with Gasteiger partial charge in [-0.05, 0) is 24.3 Å². The number of benzene rings is 1. The number of fused-ring (bicyclic) bond motifs is 2. The lowest BCUT2D eigenvalue weighted by Crippen LogP contribution is -2.36. The highest BCUT2D eigenvalue weighted by Gasteiger charge is 2.38. The van der Waals surface area contributed by atoms with Crippen LogP contribution in [0.5, 0.6) is 11.5 Å². The Balaban J connectivity index is 1.78. The molecule has 1 aliphatic rings. The highest BCUT2D eigenvalue weighted by atomic mass is 16.7. The smallest absolute Gasteiger partial charge is 0.251 e. The van der Waals surface area contributed by atoms with E-state index in [-0.39, 0.29) is 0 Å². The van der Waals surface area contributed by atoms with Gasteiger partial charge in [0.2, 0.25) is 0 Å². The molecular weight excluding hydrogens is 280 g/mol. The van der Waals surface area contributed by atoms with Gasteiger partial charge in [-0.15, -0.1) is 5.10 Å². The van der Waals surface area contributed by atoms with Crippen molar-refractivity contribution in [1.29, 1.82) is 0 Å². The molecule has 3 aromatic rings. The molecule has 112 valence electrons. The Bertz CT molecular complexity index is 839. The van der Waals surface area contributed by atoms with Crippen molar-refractivity contribution >= 4 is 11.2 Å². The number of rotatable bonds is 3. The molecule has 3 heterocycles. The standard InChI is InChI=1S/C16H16N4O2/c1-3-16(4-2)21-13-8-7-11(10-14(13)22-16)20-15-12(18-19-20)6-5-9-17-15/h5-10H,3-4H2,1-2H3. The van der Waals surface area contributed by atoms with Gasteiger partial charge in [0.05, 0.1) is 5.69 Å². The Morgan fingerprint density at radius 1 is 1.09 bits per heavy atom.